The zero-order valence-corrected chi connectivity index (χ0v) is 13.6. The van der Waals surface area contributed by atoms with Crippen LogP contribution in [0.2, 0.25) is 0 Å². The molecule has 3 nitrogen and oxygen atoms in total. The van der Waals surface area contributed by atoms with Gasteiger partial charge in [-0.1, -0.05) is 35.9 Å². The topological polar surface area (TPSA) is 38.3 Å². The van der Waals surface area contributed by atoms with Crippen molar-refractivity contribution in [1.82, 2.24) is 5.32 Å². The lowest BCUT2D eigenvalue weighted by atomic mass is 10.1. The van der Waals surface area contributed by atoms with Crippen LogP contribution in [0.5, 0.6) is 5.75 Å². The average molecular weight is 297 g/mol. The summed E-state index contributed by atoms with van der Waals surface area (Å²) in [6, 6.07) is 15.4. The highest BCUT2D eigenvalue weighted by molar-refractivity contribution is 5.94. The van der Waals surface area contributed by atoms with E-state index >= 15 is 0 Å². The molecule has 1 N–H and O–H groups in total. The summed E-state index contributed by atoms with van der Waals surface area (Å²) >= 11 is 0. The molecule has 0 aliphatic rings. The normalized spacial score (nSPS) is 11.1. The number of hydrogen-bond donors (Lipinski definition) is 1. The summed E-state index contributed by atoms with van der Waals surface area (Å²) in [5.74, 6) is 0.730. The smallest absolute Gasteiger partial charge is 0.251 e. The van der Waals surface area contributed by atoms with Gasteiger partial charge in [-0.2, -0.15) is 0 Å². The van der Waals surface area contributed by atoms with Crippen molar-refractivity contribution in [2.45, 2.75) is 39.8 Å². The summed E-state index contributed by atoms with van der Waals surface area (Å²) in [4.78, 5) is 12.2. The van der Waals surface area contributed by atoms with Crippen molar-refractivity contribution in [1.29, 1.82) is 0 Å². The molecule has 0 saturated heterocycles. The van der Waals surface area contributed by atoms with Crippen LogP contribution in [0.1, 0.15) is 42.3 Å². The molecule has 0 unspecified atom stereocenters. The maximum atomic E-state index is 12.2. The number of carbonyl (C=O) groups is 1. The largest absolute Gasteiger partial charge is 0.488 e. The van der Waals surface area contributed by atoms with E-state index in [1.165, 1.54) is 0 Å². The van der Waals surface area contributed by atoms with E-state index in [2.05, 4.69) is 5.32 Å². The van der Waals surface area contributed by atoms with Crippen molar-refractivity contribution in [3.8, 4) is 5.75 Å². The molecule has 3 heteroatoms. The number of rotatable bonds is 4. The number of para-hydroxylation sites is 1. The van der Waals surface area contributed by atoms with Crippen molar-refractivity contribution in [2.75, 3.05) is 0 Å². The van der Waals surface area contributed by atoms with Crippen LogP contribution < -0.4 is 10.1 Å². The zero-order chi connectivity index (χ0) is 16.2. The highest BCUT2D eigenvalue weighted by atomic mass is 16.5. The summed E-state index contributed by atoms with van der Waals surface area (Å²) in [6.07, 6.45) is 0. The highest BCUT2D eigenvalue weighted by Crippen LogP contribution is 2.22. The molecule has 0 spiro atoms. The van der Waals surface area contributed by atoms with Crippen molar-refractivity contribution >= 4 is 5.91 Å². The first-order valence-corrected chi connectivity index (χ1v) is 7.47. The van der Waals surface area contributed by atoms with E-state index in [9.17, 15) is 4.79 Å². The first-order valence-electron chi connectivity index (χ1n) is 7.47. The fourth-order valence-corrected chi connectivity index (χ4v) is 2.14. The van der Waals surface area contributed by atoms with E-state index in [1.807, 2.05) is 76.2 Å². The molecule has 0 bridgehead atoms. The van der Waals surface area contributed by atoms with Crippen molar-refractivity contribution in [3.05, 3.63) is 65.2 Å². The van der Waals surface area contributed by atoms with Gasteiger partial charge in [0.1, 0.15) is 11.4 Å². The Balaban J connectivity index is 2.07. The zero-order valence-electron chi connectivity index (χ0n) is 13.6. The Labute approximate surface area is 132 Å². The quantitative estimate of drug-likeness (QED) is 0.922. The lowest BCUT2D eigenvalue weighted by Gasteiger charge is -2.23. The van der Waals surface area contributed by atoms with Gasteiger partial charge < -0.3 is 10.1 Å². The lowest BCUT2D eigenvalue weighted by molar-refractivity contribution is 0.0949. The lowest BCUT2D eigenvalue weighted by Crippen LogP contribution is -2.26. The molecule has 2 aromatic rings. The number of amides is 1. The molecule has 2 rings (SSSR count). The molecule has 0 fully saturated rings. The maximum absolute atomic E-state index is 12.2. The molecule has 0 aromatic heterocycles. The highest BCUT2D eigenvalue weighted by Gasteiger charge is 2.14. The van der Waals surface area contributed by atoms with Crippen molar-refractivity contribution in [2.24, 2.45) is 0 Å². The molecule has 0 aliphatic carbocycles. The standard InChI is InChI=1S/C19H23NO2/c1-14-8-7-10-15(12-14)18(21)20-13-16-9-5-6-11-17(16)22-19(2,3)4/h5-12H,13H2,1-4H3,(H,20,21). The van der Waals surface area contributed by atoms with E-state index in [0.29, 0.717) is 12.1 Å². The molecular formula is C19H23NO2. The summed E-state index contributed by atoms with van der Waals surface area (Å²) in [6.45, 7) is 8.45. The van der Waals surface area contributed by atoms with E-state index < -0.39 is 0 Å². The van der Waals surface area contributed by atoms with Gasteiger partial charge in [-0.15, -0.1) is 0 Å². The molecule has 1 amide bonds. The molecular weight excluding hydrogens is 274 g/mol. The number of carbonyl (C=O) groups excluding carboxylic acids is 1. The number of hydrogen-bond acceptors (Lipinski definition) is 2. The van der Waals surface area contributed by atoms with Crippen LogP contribution >= 0.6 is 0 Å². The van der Waals surface area contributed by atoms with Crippen LogP contribution in [-0.2, 0) is 6.54 Å². The van der Waals surface area contributed by atoms with Crippen LogP contribution in [0.4, 0.5) is 0 Å². The SMILES string of the molecule is Cc1cccc(C(=O)NCc2ccccc2OC(C)(C)C)c1. The molecule has 0 radical (unpaired) electrons. The third-order valence-corrected chi connectivity index (χ3v) is 3.11. The Hall–Kier alpha value is -2.29. The number of benzene rings is 2. The molecule has 0 aliphatic heterocycles. The second-order valence-electron chi connectivity index (χ2n) is 6.37. The molecule has 0 heterocycles. The van der Waals surface area contributed by atoms with E-state index in [4.69, 9.17) is 4.74 Å². The van der Waals surface area contributed by atoms with Crippen LogP contribution in [0.15, 0.2) is 48.5 Å². The Morgan fingerprint density at radius 1 is 1.09 bits per heavy atom. The van der Waals surface area contributed by atoms with Gasteiger partial charge >= 0.3 is 0 Å². The van der Waals surface area contributed by atoms with Gasteiger partial charge in [0, 0.05) is 17.7 Å². The fourth-order valence-electron chi connectivity index (χ4n) is 2.14. The summed E-state index contributed by atoms with van der Waals surface area (Å²) < 4.78 is 5.94. The molecule has 0 atom stereocenters. The maximum Gasteiger partial charge on any atom is 0.251 e. The summed E-state index contributed by atoms with van der Waals surface area (Å²) in [5, 5.41) is 2.95. The molecule has 116 valence electrons. The third-order valence-electron chi connectivity index (χ3n) is 3.11. The number of nitrogens with one attached hydrogen (secondary N) is 1. The summed E-state index contributed by atoms with van der Waals surface area (Å²) in [5.41, 5.74) is 2.45. The Morgan fingerprint density at radius 2 is 1.82 bits per heavy atom. The van der Waals surface area contributed by atoms with Crippen molar-refractivity contribution < 1.29 is 9.53 Å². The van der Waals surface area contributed by atoms with Gasteiger partial charge in [0.05, 0.1) is 0 Å². The second-order valence-corrected chi connectivity index (χ2v) is 6.37. The van der Waals surface area contributed by atoms with Crippen LogP contribution in [0.3, 0.4) is 0 Å². The molecule has 2 aromatic carbocycles. The van der Waals surface area contributed by atoms with Gasteiger partial charge in [0.2, 0.25) is 0 Å². The monoisotopic (exact) mass is 297 g/mol. The predicted octanol–water partition coefficient (Wildman–Crippen LogP) is 4.10. The summed E-state index contributed by atoms with van der Waals surface area (Å²) in [7, 11) is 0. The molecule has 22 heavy (non-hydrogen) atoms. The first kappa shape index (κ1) is 16.1. The second kappa shape index (κ2) is 6.65. The van der Waals surface area contributed by atoms with Crippen molar-refractivity contribution in [3.63, 3.8) is 0 Å². The number of aryl methyl sites for hydroxylation is 1. The van der Waals surface area contributed by atoms with Crippen LogP contribution in [-0.4, -0.2) is 11.5 Å². The predicted molar refractivity (Wildman–Crippen MR) is 89.2 cm³/mol. The minimum absolute atomic E-state index is 0.0748. The van der Waals surface area contributed by atoms with Gasteiger partial charge in [-0.25, -0.2) is 0 Å². The average Bonchev–Trinajstić information content (AvgIpc) is 2.44. The van der Waals surface area contributed by atoms with Gasteiger partial charge in [-0.3, -0.25) is 4.79 Å². The Bertz CT molecular complexity index is 656. The fraction of sp³-hybridized carbons (Fsp3) is 0.316. The van der Waals surface area contributed by atoms with Gasteiger partial charge in [0.15, 0.2) is 0 Å². The van der Waals surface area contributed by atoms with E-state index in [-0.39, 0.29) is 11.5 Å². The van der Waals surface area contributed by atoms with E-state index in [0.717, 1.165) is 16.9 Å². The Morgan fingerprint density at radius 3 is 2.50 bits per heavy atom. The Kier molecular flexibility index (Phi) is 4.86. The third kappa shape index (κ3) is 4.62. The first-order chi connectivity index (χ1) is 10.3. The van der Waals surface area contributed by atoms with E-state index in [1.54, 1.807) is 0 Å². The van der Waals surface area contributed by atoms with Gasteiger partial charge in [0.25, 0.3) is 5.91 Å². The molecule has 0 saturated carbocycles. The minimum atomic E-state index is -0.267. The number of ether oxygens (including phenoxy) is 1. The minimum Gasteiger partial charge on any atom is -0.488 e. The van der Waals surface area contributed by atoms with Gasteiger partial charge in [-0.05, 0) is 45.9 Å². The van der Waals surface area contributed by atoms with Crippen LogP contribution in [0, 0.1) is 6.92 Å². The van der Waals surface area contributed by atoms with Crippen LogP contribution in [0.25, 0.3) is 0 Å².